The number of carbonyl (C=O) groups is 3. The minimum absolute atomic E-state index is 0.00671. The maximum Gasteiger partial charge on any atom is 0.417 e. The van der Waals surface area contributed by atoms with Crippen LogP contribution in [0.3, 0.4) is 0 Å². The summed E-state index contributed by atoms with van der Waals surface area (Å²) >= 11 is 0. The highest BCUT2D eigenvalue weighted by Gasteiger charge is 2.34. The van der Waals surface area contributed by atoms with Crippen LogP contribution < -0.4 is 9.88 Å². The number of aromatic nitrogens is 1. The lowest BCUT2D eigenvalue weighted by Crippen LogP contribution is -2.45. The second-order valence-electron chi connectivity index (χ2n) is 12.5. The van der Waals surface area contributed by atoms with Gasteiger partial charge in [-0.2, -0.15) is 0 Å². The van der Waals surface area contributed by atoms with E-state index in [1.165, 1.54) is 96.8 Å². The topological polar surface area (TPSA) is 88.8 Å². The first kappa shape index (κ1) is 37.5. The van der Waals surface area contributed by atoms with Gasteiger partial charge in [0.1, 0.15) is 25.8 Å². The molecule has 1 unspecified atom stereocenters. The summed E-state index contributed by atoms with van der Waals surface area (Å²) in [5.41, 5.74) is 0.840. The Labute approximate surface area is 267 Å². The van der Waals surface area contributed by atoms with Gasteiger partial charge in [0.15, 0.2) is 6.20 Å². The molecular formula is C36H62N3O5+. The smallest absolute Gasteiger partial charge is 0.417 e. The fourth-order valence-electron chi connectivity index (χ4n) is 5.77. The SMILES string of the molecule is CCCCCCCCCCCCCCCCCCNC(=O)OCC(OC(=O)N(Cc1cccc[n+]1CC)C(C)=O)C1CCC1. The summed E-state index contributed by atoms with van der Waals surface area (Å²) in [5, 5.41) is 2.83. The lowest BCUT2D eigenvalue weighted by Gasteiger charge is -2.33. The Kier molecular flexibility index (Phi) is 20.2. The van der Waals surface area contributed by atoms with E-state index in [0.29, 0.717) is 6.54 Å². The molecule has 1 aliphatic rings. The van der Waals surface area contributed by atoms with Crippen LogP contribution in [-0.2, 0) is 27.4 Å². The van der Waals surface area contributed by atoms with Gasteiger partial charge in [-0.3, -0.25) is 4.79 Å². The summed E-state index contributed by atoms with van der Waals surface area (Å²) in [5.74, 6) is -0.246. The first-order chi connectivity index (χ1) is 21.5. The molecule has 0 saturated heterocycles. The Morgan fingerprint density at radius 2 is 1.43 bits per heavy atom. The van der Waals surface area contributed by atoms with Crippen molar-refractivity contribution in [2.24, 2.45) is 5.92 Å². The summed E-state index contributed by atoms with van der Waals surface area (Å²) < 4.78 is 13.2. The third kappa shape index (κ3) is 15.9. The molecule has 1 aromatic heterocycles. The normalized spacial score (nSPS) is 13.6. The van der Waals surface area contributed by atoms with Crippen LogP contribution in [0.2, 0.25) is 0 Å². The van der Waals surface area contributed by atoms with E-state index in [4.69, 9.17) is 9.47 Å². The Balaban J connectivity index is 1.55. The van der Waals surface area contributed by atoms with Gasteiger partial charge in [-0.25, -0.2) is 19.1 Å². The van der Waals surface area contributed by atoms with Crippen LogP contribution in [-0.4, -0.2) is 42.2 Å². The maximum atomic E-state index is 13.1. The largest absolute Gasteiger partial charge is 0.446 e. The second-order valence-corrected chi connectivity index (χ2v) is 12.5. The molecule has 1 heterocycles. The average molecular weight is 617 g/mol. The predicted molar refractivity (Wildman–Crippen MR) is 175 cm³/mol. The predicted octanol–water partition coefficient (Wildman–Crippen LogP) is 8.64. The maximum absolute atomic E-state index is 13.1. The number of rotatable bonds is 24. The molecule has 3 amide bonds. The molecule has 2 rings (SSSR count). The van der Waals surface area contributed by atoms with E-state index >= 15 is 0 Å². The number of hydrogen-bond acceptors (Lipinski definition) is 5. The number of amides is 3. The lowest BCUT2D eigenvalue weighted by atomic mass is 9.81. The molecule has 8 nitrogen and oxygen atoms in total. The fourth-order valence-corrected chi connectivity index (χ4v) is 5.77. The molecule has 1 aromatic rings. The molecule has 8 heteroatoms. The third-order valence-electron chi connectivity index (χ3n) is 8.90. The van der Waals surface area contributed by atoms with Gasteiger partial charge < -0.3 is 14.8 Å². The van der Waals surface area contributed by atoms with E-state index in [0.717, 1.165) is 49.2 Å². The van der Waals surface area contributed by atoms with Gasteiger partial charge in [-0.15, -0.1) is 0 Å². The van der Waals surface area contributed by atoms with Crippen LogP contribution in [0.25, 0.3) is 0 Å². The first-order valence-electron chi connectivity index (χ1n) is 17.8. The van der Waals surface area contributed by atoms with Crippen LogP contribution in [0.1, 0.15) is 148 Å². The third-order valence-corrected chi connectivity index (χ3v) is 8.90. The van der Waals surface area contributed by atoms with Gasteiger partial charge in [0, 0.05) is 25.6 Å². The highest BCUT2D eigenvalue weighted by molar-refractivity contribution is 5.90. The molecule has 0 bridgehead atoms. The van der Waals surface area contributed by atoms with Gasteiger partial charge >= 0.3 is 12.2 Å². The Hall–Kier alpha value is -2.64. The van der Waals surface area contributed by atoms with Crippen molar-refractivity contribution in [1.29, 1.82) is 0 Å². The lowest BCUT2D eigenvalue weighted by molar-refractivity contribution is -0.701. The van der Waals surface area contributed by atoms with Crippen LogP contribution in [0.15, 0.2) is 24.4 Å². The summed E-state index contributed by atoms with van der Waals surface area (Å²) in [6, 6.07) is 5.69. The molecular weight excluding hydrogens is 554 g/mol. The number of ether oxygens (including phenoxy) is 2. The number of carbonyl (C=O) groups excluding carboxylic acids is 3. The molecule has 0 aliphatic heterocycles. The van der Waals surface area contributed by atoms with E-state index in [-0.39, 0.29) is 25.0 Å². The highest BCUT2D eigenvalue weighted by Crippen LogP contribution is 2.32. The van der Waals surface area contributed by atoms with E-state index in [1.807, 2.05) is 35.9 Å². The minimum Gasteiger partial charge on any atom is -0.446 e. The van der Waals surface area contributed by atoms with Gasteiger partial charge in [-0.1, -0.05) is 116 Å². The number of unbranched alkanes of at least 4 members (excludes halogenated alkanes) is 15. The summed E-state index contributed by atoms with van der Waals surface area (Å²) in [4.78, 5) is 38.8. The van der Waals surface area contributed by atoms with E-state index in [9.17, 15) is 14.4 Å². The molecule has 1 N–H and O–H groups in total. The Morgan fingerprint density at radius 1 is 0.864 bits per heavy atom. The van der Waals surface area contributed by atoms with Crippen molar-refractivity contribution >= 4 is 18.1 Å². The first-order valence-corrected chi connectivity index (χ1v) is 17.8. The molecule has 1 aliphatic carbocycles. The number of pyridine rings is 1. The number of alkyl carbamates (subject to hydrolysis) is 1. The number of nitrogens with one attached hydrogen (secondary N) is 1. The van der Waals surface area contributed by atoms with Crippen LogP contribution in [0, 0.1) is 5.92 Å². The van der Waals surface area contributed by atoms with Gasteiger partial charge in [0.2, 0.25) is 11.6 Å². The second kappa shape index (κ2) is 23.7. The number of nitrogens with zero attached hydrogens (tertiary/aromatic N) is 2. The Morgan fingerprint density at radius 3 is 1.93 bits per heavy atom. The number of aryl methyl sites for hydroxylation is 1. The number of imide groups is 1. The van der Waals surface area contributed by atoms with E-state index in [1.54, 1.807) is 0 Å². The zero-order valence-corrected chi connectivity index (χ0v) is 28.2. The summed E-state index contributed by atoms with van der Waals surface area (Å²) in [6.45, 7) is 7.07. The number of hydrogen-bond donors (Lipinski definition) is 1. The highest BCUT2D eigenvalue weighted by atomic mass is 16.6. The van der Waals surface area contributed by atoms with Gasteiger partial charge in [0.25, 0.3) is 0 Å². The standard InChI is InChI=1S/C36H61N3O5/c1-4-6-7-8-9-10-11-12-13-14-15-16-17-18-19-21-27-37-35(41)43-30-34(32-24-23-25-32)44-36(42)39(31(3)40)29-33-26-20-22-28-38(33)5-2/h20,22,26,28,32,34H,4-19,21,23-25,27,29-30H2,1-3H3/p+1. The van der Waals surface area contributed by atoms with Gasteiger partial charge in [-0.05, 0) is 32.1 Å². The van der Waals surface area contributed by atoms with Crippen molar-refractivity contribution in [3.05, 3.63) is 30.1 Å². The molecule has 0 radical (unpaired) electrons. The van der Waals surface area contributed by atoms with Crippen LogP contribution >= 0.6 is 0 Å². The zero-order chi connectivity index (χ0) is 31.8. The van der Waals surface area contributed by atoms with Crippen molar-refractivity contribution in [3.8, 4) is 0 Å². The van der Waals surface area contributed by atoms with E-state index in [2.05, 4.69) is 12.2 Å². The molecule has 1 fully saturated rings. The quantitative estimate of drug-likeness (QED) is 0.0928. The Bertz CT molecular complexity index is 936. The average Bonchev–Trinajstić information content (AvgIpc) is 2.99. The molecule has 44 heavy (non-hydrogen) atoms. The van der Waals surface area contributed by atoms with Gasteiger partial charge in [0.05, 0.1) is 0 Å². The summed E-state index contributed by atoms with van der Waals surface area (Å²) in [7, 11) is 0. The van der Waals surface area contributed by atoms with Crippen molar-refractivity contribution in [2.45, 2.75) is 162 Å². The molecule has 1 saturated carbocycles. The molecule has 250 valence electrons. The van der Waals surface area contributed by atoms with E-state index < -0.39 is 18.3 Å². The molecule has 0 spiro atoms. The molecule has 1 atom stereocenters. The van der Waals surface area contributed by atoms with Crippen molar-refractivity contribution in [3.63, 3.8) is 0 Å². The van der Waals surface area contributed by atoms with Crippen LogP contribution in [0.4, 0.5) is 9.59 Å². The molecule has 0 aromatic carbocycles. The summed E-state index contributed by atoms with van der Waals surface area (Å²) in [6.07, 6.45) is 24.1. The zero-order valence-electron chi connectivity index (χ0n) is 28.2. The van der Waals surface area contributed by atoms with Crippen molar-refractivity contribution in [2.75, 3.05) is 13.2 Å². The minimum atomic E-state index is -0.696. The van der Waals surface area contributed by atoms with Crippen molar-refractivity contribution < 1.29 is 28.4 Å². The van der Waals surface area contributed by atoms with Crippen LogP contribution in [0.5, 0.6) is 0 Å². The van der Waals surface area contributed by atoms with Crippen molar-refractivity contribution in [1.82, 2.24) is 10.2 Å². The monoisotopic (exact) mass is 616 g/mol. The fraction of sp³-hybridized carbons (Fsp3) is 0.778.